The third-order valence-corrected chi connectivity index (χ3v) is 3.99. The van der Waals surface area contributed by atoms with Crippen molar-refractivity contribution in [2.45, 2.75) is 19.9 Å². The van der Waals surface area contributed by atoms with E-state index in [1.54, 1.807) is 0 Å². The number of nitrogens with one attached hydrogen (secondary N) is 1. The second kappa shape index (κ2) is 5.37. The van der Waals surface area contributed by atoms with Crippen molar-refractivity contribution in [3.8, 4) is 0 Å². The molecule has 16 heavy (non-hydrogen) atoms. The van der Waals surface area contributed by atoms with Crippen LogP contribution in [0.15, 0.2) is 5.38 Å². The lowest BCUT2D eigenvalue weighted by atomic mass is 10.5. The maximum atomic E-state index is 11.3. The normalized spacial score (nSPS) is 11.6. The van der Waals surface area contributed by atoms with Gasteiger partial charge in [-0.2, -0.15) is 0 Å². The Bertz CT molecular complexity index is 466. The molecule has 0 aliphatic rings. The van der Waals surface area contributed by atoms with Crippen molar-refractivity contribution in [3.63, 3.8) is 0 Å². The zero-order chi connectivity index (χ0) is 12.2. The quantitative estimate of drug-likeness (QED) is 0.772. The van der Waals surface area contributed by atoms with Gasteiger partial charge in [-0.1, -0.05) is 0 Å². The number of rotatable bonds is 6. The molecule has 6 nitrogen and oxygen atoms in total. The summed E-state index contributed by atoms with van der Waals surface area (Å²) in [6.45, 7) is 1.93. The molecular weight excluding hydrogens is 252 g/mol. The van der Waals surface area contributed by atoms with Gasteiger partial charge in [-0.05, 0) is 6.92 Å². The van der Waals surface area contributed by atoms with Gasteiger partial charge < -0.3 is 5.11 Å². The van der Waals surface area contributed by atoms with Gasteiger partial charge in [-0.15, -0.1) is 11.3 Å². The molecule has 0 radical (unpaired) electrons. The Hall–Kier alpha value is -0.990. The van der Waals surface area contributed by atoms with Crippen molar-refractivity contribution < 1.29 is 18.3 Å². The minimum absolute atomic E-state index is 0.112. The molecule has 1 aromatic heterocycles. The van der Waals surface area contributed by atoms with Crippen molar-refractivity contribution in [3.05, 3.63) is 16.1 Å². The van der Waals surface area contributed by atoms with E-state index in [1.807, 2.05) is 12.3 Å². The van der Waals surface area contributed by atoms with Gasteiger partial charge in [0.15, 0.2) is 0 Å². The Kier molecular flexibility index (Phi) is 4.39. The minimum atomic E-state index is -3.53. The van der Waals surface area contributed by atoms with Crippen LogP contribution in [-0.4, -0.2) is 30.2 Å². The molecule has 2 N–H and O–H groups in total. The van der Waals surface area contributed by atoms with Crippen molar-refractivity contribution >= 4 is 27.3 Å². The first-order valence-corrected chi connectivity index (χ1v) is 7.02. The highest BCUT2D eigenvalue weighted by Gasteiger charge is 2.13. The maximum absolute atomic E-state index is 11.3. The van der Waals surface area contributed by atoms with Crippen LogP contribution < -0.4 is 4.72 Å². The molecule has 0 bridgehead atoms. The number of carbonyl (C=O) groups is 1. The molecule has 0 spiro atoms. The fourth-order valence-corrected chi connectivity index (χ4v) is 2.70. The monoisotopic (exact) mass is 264 g/mol. The Morgan fingerprint density at radius 2 is 2.31 bits per heavy atom. The summed E-state index contributed by atoms with van der Waals surface area (Å²) in [5.74, 6) is -1.54. The van der Waals surface area contributed by atoms with E-state index < -0.39 is 28.2 Å². The molecule has 1 heterocycles. The molecule has 0 aromatic carbocycles. The Morgan fingerprint density at radius 1 is 1.62 bits per heavy atom. The van der Waals surface area contributed by atoms with Gasteiger partial charge in [0.1, 0.15) is 5.01 Å². The number of nitrogens with zero attached hydrogens (tertiary/aromatic N) is 1. The minimum Gasteiger partial charge on any atom is -0.481 e. The number of hydrogen-bond acceptors (Lipinski definition) is 5. The zero-order valence-electron chi connectivity index (χ0n) is 8.63. The number of hydrogen-bond donors (Lipinski definition) is 2. The largest absolute Gasteiger partial charge is 0.481 e. The summed E-state index contributed by atoms with van der Waals surface area (Å²) in [6, 6.07) is 0. The molecule has 0 unspecified atom stereocenters. The fourth-order valence-electron chi connectivity index (χ4n) is 0.949. The number of aryl methyl sites for hydroxylation is 1. The summed E-state index contributed by atoms with van der Waals surface area (Å²) in [6.07, 6.45) is -0.397. The standard InChI is InChI=1S/C8H12N2O4S2/c1-6-5-15-7(10-6)4-9-16(13,14)3-2-8(11)12/h5,9H,2-4H2,1H3,(H,11,12). The zero-order valence-corrected chi connectivity index (χ0v) is 10.3. The number of carboxylic acids is 1. The van der Waals surface area contributed by atoms with Gasteiger partial charge in [-0.3, -0.25) is 4.79 Å². The third-order valence-electron chi connectivity index (χ3n) is 1.69. The van der Waals surface area contributed by atoms with E-state index in [0.29, 0.717) is 5.01 Å². The van der Waals surface area contributed by atoms with Gasteiger partial charge in [0.2, 0.25) is 10.0 Å². The van der Waals surface area contributed by atoms with E-state index in [0.717, 1.165) is 5.69 Å². The molecule has 0 aliphatic heterocycles. The summed E-state index contributed by atoms with van der Waals surface area (Å²) in [5.41, 5.74) is 0.838. The lowest BCUT2D eigenvalue weighted by Gasteiger charge is -2.02. The topological polar surface area (TPSA) is 96.4 Å². The van der Waals surface area contributed by atoms with Crippen LogP contribution in [0.1, 0.15) is 17.1 Å². The van der Waals surface area contributed by atoms with Gasteiger partial charge >= 0.3 is 5.97 Å². The summed E-state index contributed by atoms with van der Waals surface area (Å²) < 4.78 is 24.9. The van der Waals surface area contributed by atoms with Gasteiger partial charge in [0.25, 0.3) is 0 Å². The second-order valence-corrected chi connectivity index (χ2v) is 6.04. The van der Waals surface area contributed by atoms with Crippen LogP contribution in [-0.2, 0) is 21.4 Å². The van der Waals surface area contributed by atoms with Crippen molar-refractivity contribution in [2.24, 2.45) is 0 Å². The molecule has 90 valence electrons. The number of aromatic nitrogens is 1. The molecule has 1 aromatic rings. The highest BCUT2D eigenvalue weighted by atomic mass is 32.2. The fraction of sp³-hybridized carbons (Fsp3) is 0.500. The van der Waals surface area contributed by atoms with Crippen LogP contribution in [0.5, 0.6) is 0 Å². The SMILES string of the molecule is Cc1csc(CNS(=O)(=O)CCC(=O)O)n1. The van der Waals surface area contributed by atoms with Crippen molar-refractivity contribution in [1.29, 1.82) is 0 Å². The average molecular weight is 264 g/mol. The first kappa shape index (κ1) is 13.1. The van der Waals surface area contributed by atoms with Crippen molar-refractivity contribution in [1.82, 2.24) is 9.71 Å². The Balaban J connectivity index is 2.45. The predicted molar refractivity (Wildman–Crippen MR) is 59.7 cm³/mol. The average Bonchev–Trinajstić information content (AvgIpc) is 2.59. The summed E-state index contributed by atoms with van der Waals surface area (Å²) in [5, 5.41) is 10.8. The number of thiazole rings is 1. The van der Waals surface area contributed by atoms with E-state index >= 15 is 0 Å². The highest BCUT2D eigenvalue weighted by molar-refractivity contribution is 7.89. The molecule has 0 fully saturated rings. The van der Waals surface area contributed by atoms with E-state index in [2.05, 4.69) is 9.71 Å². The van der Waals surface area contributed by atoms with Gasteiger partial charge in [-0.25, -0.2) is 18.1 Å². The first-order valence-electron chi connectivity index (χ1n) is 4.49. The first-order chi connectivity index (χ1) is 7.39. The van der Waals surface area contributed by atoms with Crippen LogP contribution in [0, 0.1) is 6.92 Å². The van der Waals surface area contributed by atoms with E-state index in [9.17, 15) is 13.2 Å². The van der Waals surface area contributed by atoms with Crippen LogP contribution >= 0.6 is 11.3 Å². The van der Waals surface area contributed by atoms with E-state index in [4.69, 9.17) is 5.11 Å². The maximum Gasteiger partial charge on any atom is 0.304 e. The van der Waals surface area contributed by atoms with Gasteiger partial charge in [0.05, 0.1) is 18.7 Å². The number of sulfonamides is 1. The summed E-state index contributed by atoms with van der Waals surface area (Å²) in [7, 11) is -3.53. The Labute approximate surface area is 97.4 Å². The van der Waals surface area contributed by atoms with Crippen LogP contribution in [0.3, 0.4) is 0 Å². The Morgan fingerprint density at radius 3 is 2.81 bits per heavy atom. The second-order valence-electron chi connectivity index (χ2n) is 3.17. The van der Waals surface area contributed by atoms with Gasteiger partial charge in [0, 0.05) is 11.1 Å². The molecular formula is C8H12N2O4S2. The molecule has 0 saturated carbocycles. The van der Waals surface area contributed by atoms with E-state index in [-0.39, 0.29) is 6.54 Å². The predicted octanol–water partition coefficient (Wildman–Crippen LogP) is 0.346. The molecule has 0 amide bonds. The smallest absolute Gasteiger partial charge is 0.304 e. The van der Waals surface area contributed by atoms with Crippen LogP contribution in [0.4, 0.5) is 0 Å². The molecule has 0 saturated heterocycles. The van der Waals surface area contributed by atoms with Crippen molar-refractivity contribution in [2.75, 3.05) is 5.75 Å². The lowest BCUT2D eigenvalue weighted by Crippen LogP contribution is -2.27. The molecule has 0 aliphatic carbocycles. The molecule has 0 atom stereocenters. The molecule has 8 heteroatoms. The summed E-state index contributed by atoms with van der Waals surface area (Å²) in [4.78, 5) is 14.3. The highest BCUT2D eigenvalue weighted by Crippen LogP contribution is 2.08. The van der Waals surface area contributed by atoms with Crippen LogP contribution in [0.2, 0.25) is 0 Å². The lowest BCUT2D eigenvalue weighted by molar-refractivity contribution is -0.136. The van der Waals surface area contributed by atoms with E-state index in [1.165, 1.54) is 11.3 Å². The van der Waals surface area contributed by atoms with Crippen LogP contribution in [0.25, 0.3) is 0 Å². The summed E-state index contributed by atoms with van der Waals surface area (Å²) >= 11 is 1.36. The third kappa shape index (κ3) is 4.69. The molecule has 1 rings (SSSR count). The number of carboxylic acid groups (broad SMARTS) is 1. The number of aliphatic carboxylic acids is 1.